The number of rotatable bonds is 4. The molecule has 2 aromatic carbocycles. The Morgan fingerprint density at radius 2 is 1.71 bits per heavy atom. The van der Waals surface area contributed by atoms with Gasteiger partial charge in [0, 0.05) is 24.2 Å². The van der Waals surface area contributed by atoms with Gasteiger partial charge in [-0.1, -0.05) is 30.3 Å². The van der Waals surface area contributed by atoms with Crippen molar-refractivity contribution in [2.75, 3.05) is 18.0 Å². The highest BCUT2D eigenvalue weighted by molar-refractivity contribution is 6.09. The van der Waals surface area contributed by atoms with Gasteiger partial charge in [0.25, 0.3) is 0 Å². The first-order chi connectivity index (χ1) is 10.3. The molecule has 0 radical (unpaired) electrons. The van der Waals surface area contributed by atoms with E-state index in [1.54, 1.807) is 18.2 Å². The van der Waals surface area contributed by atoms with Crippen molar-refractivity contribution in [3.8, 4) is 5.75 Å². The van der Waals surface area contributed by atoms with Crippen LogP contribution in [0, 0.1) is 0 Å². The van der Waals surface area contributed by atoms with Crippen molar-refractivity contribution < 1.29 is 9.63 Å². The number of ketones is 1. The molecule has 2 aromatic rings. The average molecular weight is 282 g/mol. The maximum Gasteiger partial charge on any atom is 0.193 e. The number of anilines is 1. The Morgan fingerprint density at radius 1 is 1.00 bits per heavy atom. The van der Waals surface area contributed by atoms with Gasteiger partial charge in [0.15, 0.2) is 11.5 Å². The summed E-state index contributed by atoms with van der Waals surface area (Å²) in [7, 11) is 0. The Bertz CT molecular complexity index is 634. The number of hydrogen-bond donors (Lipinski definition) is 1. The van der Waals surface area contributed by atoms with E-state index in [1.165, 1.54) is 12.8 Å². The lowest BCUT2D eigenvalue weighted by Gasteiger charge is -2.20. The minimum atomic E-state index is -0.0260. The van der Waals surface area contributed by atoms with Crippen LogP contribution in [0.3, 0.4) is 0 Å². The van der Waals surface area contributed by atoms with Crippen LogP contribution in [0.15, 0.2) is 48.5 Å². The SMILES string of the molecule is NOc1cc(C(=O)c2ccccc2)ccc1N1CCCC1. The van der Waals surface area contributed by atoms with E-state index in [1.807, 2.05) is 30.3 Å². The molecule has 0 bridgehead atoms. The van der Waals surface area contributed by atoms with Gasteiger partial charge < -0.3 is 9.74 Å². The molecule has 2 N–H and O–H groups in total. The summed E-state index contributed by atoms with van der Waals surface area (Å²) in [5.41, 5.74) is 2.21. The third-order valence-electron chi connectivity index (χ3n) is 3.83. The van der Waals surface area contributed by atoms with Crippen LogP contribution in [-0.4, -0.2) is 18.9 Å². The second-order valence-electron chi connectivity index (χ2n) is 5.19. The smallest absolute Gasteiger partial charge is 0.193 e. The summed E-state index contributed by atoms with van der Waals surface area (Å²) in [6, 6.07) is 14.7. The molecule has 3 rings (SSSR count). The van der Waals surface area contributed by atoms with E-state index in [9.17, 15) is 4.79 Å². The van der Waals surface area contributed by atoms with Gasteiger partial charge in [-0.3, -0.25) is 4.79 Å². The van der Waals surface area contributed by atoms with E-state index >= 15 is 0 Å². The first-order valence-electron chi connectivity index (χ1n) is 7.15. The van der Waals surface area contributed by atoms with Crippen molar-refractivity contribution >= 4 is 11.5 Å². The summed E-state index contributed by atoms with van der Waals surface area (Å²) in [4.78, 5) is 19.7. The van der Waals surface area contributed by atoms with E-state index in [0.717, 1.165) is 18.8 Å². The standard InChI is InChI=1S/C17H18N2O2/c18-21-16-12-14(17(20)13-6-2-1-3-7-13)8-9-15(16)19-10-4-5-11-19/h1-3,6-9,12H,4-5,10-11,18H2. The maximum absolute atomic E-state index is 12.4. The van der Waals surface area contributed by atoms with Crippen molar-refractivity contribution in [1.29, 1.82) is 0 Å². The zero-order valence-corrected chi connectivity index (χ0v) is 11.8. The Morgan fingerprint density at radius 3 is 2.38 bits per heavy atom. The van der Waals surface area contributed by atoms with Crippen molar-refractivity contribution in [3.05, 3.63) is 59.7 Å². The molecule has 0 aliphatic carbocycles. The number of nitrogens with two attached hydrogens (primary N) is 1. The first-order valence-corrected chi connectivity index (χ1v) is 7.15. The lowest BCUT2D eigenvalue weighted by molar-refractivity contribution is 0.103. The third kappa shape index (κ3) is 2.76. The predicted molar refractivity (Wildman–Crippen MR) is 82.6 cm³/mol. The molecule has 0 spiro atoms. The molecule has 4 heteroatoms. The maximum atomic E-state index is 12.4. The van der Waals surface area contributed by atoms with Crippen molar-refractivity contribution in [2.24, 2.45) is 5.90 Å². The first kappa shape index (κ1) is 13.6. The second-order valence-corrected chi connectivity index (χ2v) is 5.19. The van der Waals surface area contributed by atoms with Gasteiger partial charge in [0.2, 0.25) is 0 Å². The highest BCUT2D eigenvalue weighted by atomic mass is 16.6. The fourth-order valence-electron chi connectivity index (χ4n) is 2.73. The third-order valence-corrected chi connectivity index (χ3v) is 3.83. The minimum absolute atomic E-state index is 0.0260. The molecule has 0 aromatic heterocycles. The van der Waals surface area contributed by atoms with Crippen LogP contribution >= 0.6 is 0 Å². The number of nitrogens with zero attached hydrogens (tertiary/aromatic N) is 1. The van der Waals surface area contributed by atoms with Crippen LogP contribution in [0.25, 0.3) is 0 Å². The Hall–Kier alpha value is -2.33. The van der Waals surface area contributed by atoms with Crippen LogP contribution in [-0.2, 0) is 0 Å². The summed E-state index contributed by atoms with van der Waals surface area (Å²) in [6.07, 6.45) is 2.35. The summed E-state index contributed by atoms with van der Waals surface area (Å²) in [5.74, 6) is 5.92. The molecule has 1 fully saturated rings. The number of carbonyl (C=O) groups is 1. The van der Waals surface area contributed by atoms with E-state index < -0.39 is 0 Å². The highest BCUT2D eigenvalue weighted by Crippen LogP contribution is 2.31. The van der Waals surface area contributed by atoms with Gasteiger partial charge in [-0.05, 0) is 31.0 Å². The number of hydrogen-bond acceptors (Lipinski definition) is 4. The number of carbonyl (C=O) groups excluding carboxylic acids is 1. The quantitative estimate of drug-likeness (QED) is 0.692. The van der Waals surface area contributed by atoms with Gasteiger partial charge in [-0.15, -0.1) is 0 Å². The fourth-order valence-corrected chi connectivity index (χ4v) is 2.73. The molecule has 4 nitrogen and oxygen atoms in total. The van der Waals surface area contributed by atoms with Gasteiger partial charge in [-0.2, -0.15) is 5.90 Å². The number of benzene rings is 2. The summed E-state index contributed by atoms with van der Waals surface area (Å²) < 4.78 is 0. The molecular weight excluding hydrogens is 264 g/mol. The van der Waals surface area contributed by atoms with E-state index in [2.05, 4.69) is 4.90 Å². The Balaban J connectivity index is 1.92. The molecular formula is C17H18N2O2. The molecule has 108 valence electrons. The molecule has 0 amide bonds. The monoisotopic (exact) mass is 282 g/mol. The van der Waals surface area contributed by atoms with Crippen LogP contribution in [0.1, 0.15) is 28.8 Å². The van der Waals surface area contributed by atoms with E-state index in [0.29, 0.717) is 16.9 Å². The summed E-state index contributed by atoms with van der Waals surface area (Å²) >= 11 is 0. The molecule has 21 heavy (non-hydrogen) atoms. The molecule has 1 heterocycles. The summed E-state index contributed by atoms with van der Waals surface area (Å²) in [6.45, 7) is 2.00. The molecule has 0 atom stereocenters. The zero-order valence-electron chi connectivity index (χ0n) is 11.8. The normalized spacial score (nSPS) is 14.2. The highest BCUT2D eigenvalue weighted by Gasteiger charge is 2.18. The van der Waals surface area contributed by atoms with Crippen LogP contribution in [0.5, 0.6) is 5.75 Å². The van der Waals surface area contributed by atoms with Gasteiger partial charge in [0.1, 0.15) is 0 Å². The van der Waals surface area contributed by atoms with Gasteiger partial charge in [0.05, 0.1) is 5.69 Å². The molecule has 0 unspecified atom stereocenters. The topological polar surface area (TPSA) is 55.6 Å². The largest absolute Gasteiger partial charge is 0.409 e. The predicted octanol–water partition coefficient (Wildman–Crippen LogP) is 2.77. The van der Waals surface area contributed by atoms with Crippen LogP contribution in [0.2, 0.25) is 0 Å². The summed E-state index contributed by atoms with van der Waals surface area (Å²) in [5, 5.41) is 0. The van der Waals surface area contributed by atoms with Crippen LogP contribution in [0.4, 0.5) is 5.69 Å². The van der Waals surface area contributed by atoms with Gasteiger partial charge >= 0.3 is 0 Å². The second kappa shape index (κ2) is 5.97. The van der Waals surface area contributed by atoms with Crippen molar-refractivity contribution in [2.45, 2.75) is 12.8 Å². The Labute approximate surface area is 124 Å². The lowest BCUT2D eigenvalue weighted by atomic mass is 10.0. The van der Waals surface area contributed by atoms with E-state index in [4.69, 9.17) is 10.7 Å². The Kier molecular flexibility index (Phi) is 3.88. The van der Waals surface area contributed by atoms with Crippen LogP contribution < -0.4 is 15.6 Å². The zero-order chi connectivity index (χ0) is 14.7. The fraction of sp³-hybridized carbons (Fsp3) is 0.235. The molecule has 1 aliphatic rings. The van der Waals surface area contributed by atoms with Gasteiger partial charge in [-0.25, -0.2) is 0 Å². The van der Waals surface area contributed by atoms with Crippen molar-refractivity contribution in [3.63, 3.8) is 0 Å². The molecule has 1 aliphatic heterocycles. The lowest BCUT2D eigenvalue weighted by Crippen LogP contribution is -2.20. The average Bonchev–Trinajstić information content (AvgIpc) is 3.08. The molecule has 1 saturated heterocycles. The molecule has 0 saturated carbocycles. The van der Waals surface area contributed by atoms with E-state index in [-0.39, 0.29) is 5.78 Å². The van der Waals surface area contributed by atoms with Crippen molar-refractivity contribution in [1.82, 2.24) is 0 Å². The minimum Gasteiger partial charge on any atom is -0.409 e.